The number of carbonyl (C=O) groups is 4. The highest BCUT2D eigenvalue weighted by molar-refractivity contribution is 8.76. The van der Waals surface area contributed by atoms with E-state index in [0.717, 1.165) is 30.8 Å². The number of carboxylic acid groups (broad SMARTS) is 1. The first-order valence-electron chi connectivity index (χ1n) is 14.4. The third kappa shape index (κ3) is 18.3. The minimum absolute atomic E-state index is 0.0313. The van der Waals surface area contributed by atoms with Crippen molar-refractivity contribution in [3.63, 3.8) is 0 Å². The van der Waals surface area contributed by atoms with Gasteiger partial charge in [0.05, 0.1) is 71.4 Å². The van der Waals surface area contributed by atoms with Crippen molar-refractivity contribution < 1.29 is 43.2 Å². The van der Waals surface area contributed by atoms with E-state index in [0.29, 0.717) is 83.4 Å². The molecule has 16 heteroatoms. The number of carbonyl (C=O) groups excluding carboxylic acids is 3. The first-order chi connectivity index (χ1) is 20.5. The minimum Gasteiger partial charge on any atom is -0.481 e. The lowest BCUT2D eigenvalue weighted by Crippen LogP contribution is -2.36. The SMILES string of the molecule is O=C(O)CCSSCCNC(=O)CCOCCOCCOCCOCCNC(=O)CCCC[C@@H]1SC[C@@H]2NC(=O)N[C@@H]21. The molecule has 242 valence electrons. The van der Waals surface area contributed by atoms with E-state index in [2.05, 4.69) is 21.3 Å². The van der Waals surface area contributed by atoms with E-state index in [1.807, 2.05) is 11.8 Å². The fraction of sp³-hybridized carbons (Fsp3) is 0.846. The normalized spacial score (nSPS) is 19.2. The molecule has 42 heavy (non-hydrogen) atoms. The Bertz CT molecular complexity index is 800. The third-order valence-corrected chi connectivity index (χ3v) is 10.1. The van der Waals surface area contributed by atoms with Crippen LogP contribution in [0.5, 0.6) is 0 Å². The van der Waals surface area contributed by atoms with Crippen LogP contribution >= 0.6 is 33.3 Å². The Hall–Kier alpha value is -1.43. The number of hydrogen-bond acceptors (Lipinski definition) is 11. The van der Waals surface area contributed by atoms with Gasteiger partial charge in [-0.1, -0.05) is 28.0 Å². The fourth-order valence-corrected chi connectivity index (χ4v) is 7.55. The maximum atomic E-state index is 12.0. The van der Waals surface area contributed by atoms with Gasteiger partial charge >= 0.3 is 12.0 Å². The van der Waals surface area contributed by atoms with Gasteiger partial charge in [-0.2, -0.15) is 11.8 Å². The molecule has 5 N–H and O–H groups in total. The largest absolute Gasteiger partial charge is 0.481 e. The van der Waals surface area contributed by atoms with Gasteiger partial charge in [0.1, 0.15) is 0 Å². The van der Waals surface area contributed by atoms with Gasteiger partial charge in [-0.05, 0) is 12.8 Å². The van der Waals surface area contributed by atoms with E-state index in [9.17, 15) is 19.2 Å². The first-order valence-corrected chi connectivity index (χ1v) is 18.0. The van der Waals surface area contributed by atoms with Crippen molar-refractivity contribution in [1.29, 1.82) is 0 Å². The highest BCUT2D eigenvalue weighted by atomic mass is 33.1. The molecule has 0 spiro atoms. The van der Waals surface area contributed by atoms with Crippen molar-refractivity contribution in [1.82, 2.24) is 21.3 Å². The number of aliphatic carboxylic acids is 1. The van der Waals surface area contributed by atoms with Crippen LogP contribution in [0.1, 0.15) is 38.5 Å². The van der Waals surface area contributed by atoms with Crippen LogP contribution in [0.15, 0.2) is 0 Å². The first kappa shape index (κ1) is 36.8. The van der Waals surface area contributed by atoms with Crippen molar-refractivity contribution in [3.8, 4) is 0 Å². The molecule has 0 aliphatic carbocycles. The van der Waals surface area contributed by atoms with Gasteiger partial charge in [0, 0.05) is 48.4 Å². The molecule has 0 unspecified atom stereocenters. The molecule has 0 saturated carbocycles. The van der Waals surface area contributed by atoms with Crippen molar-refractivity contribution in [3.05, 3.63) is 0 Å². The van der Waals surface area contributed by atoms with E-state index in [4.69, 9.17) is 24.1 Å². The Morgan fingerprint density at radius 1 is 0.786 bits per heavy atom. The number of nitrogens with one attached hydrogen (secondary N) is 4. The molecule has 0 aromatic heterocycles. The third-order valence-electron chi connectivity index (χ3n) is 6.23. The van der Waals surface area contributed by atoms with Gasteiger partial charge in [-0.15, -0.1) is 0 Å². The Kier molecular flexibility index (Phi) is 21.0. The second kappa shape index (κ2) is 24.0. The number of ether oxygens (including phenoxy) is 4. The number of thioether (sulfide) groups is 1. The van der Waals surface area contributed by atoms with Crippen LogP contribution in [0.25, 0.3) is 0 Å². The lowest BCUT2D eigenvalue weighted by atomic mass is 10.0. The zero-order chi connectivity index (χ0) is 30.3. The Labute approximate surface area is 260 Å². The highest BCUT2D eigenvalue weighted by Gasteiger charge is 2.42. The average Bonchev–Trinajstić information content (AvgIpc) is 3.51. The zero-order valence-corrected chi connectivity index (χ0v) is 26.6. The topological polar surface area (TPSA) is 174 Å². The summed E-state index contributed by atoms with van der Waals surface area (Å²) in [6, 6.07) is 0.392. The minimum atomic E-state index is -0.802. The summed E-state index contributed by atoms with van der Waals surface area (Å²) in [6.07, 6.45) is 3.73. The Balaban J connectivity index is 1.23. The molecular weight excluding hydrogens is 609 g/mol. The molecule has 2 aliphatic heterocycles. The number of urea groups is 1. The average molecular weight is 655 g/mol. The van der Waals surface area contributed by atoms with Crippen LogP contribution in [0.4, 0.5) is 4.79 Å². The molecule has 13 nitrogen and oxygen atoms in total. The van der Waals surface area contributed by atoms with Crippen molar-refractivity contribution in [2.45, 2.75) is 55.9 Å². The summed E-state index contributed by atoms with van der Waals surface area (Å²) in [6.45, 7) is 4.35. The Morgan fingerprint density at radius 2 is 1.40 bits per heavy atom. The van der Waals surface area contributed by atoms with Gasteiger partial charge in [-0.3, -0.25) is 14.4 Å². The van der Waals surface area contributed by atoms with Crippen LogP contribution in [0.3, 0.4) is 0 Å². The number of fused-ring (bicyclic) bond motifs is 1. The molecule has 2 rings (SSSR count). The van der Waals surface area contributed by atoms with E-state index in [1.165, 1.54) is 10.8 Å². The number of rotatable bonds is 27. The highest BCUT2D eigenvalue weighted by Crippen LogP contribution is 2.33. The standard InChI is InChI=1S/C26H46N4O9S3/c31-22(4-2-1-3-21-25-20(19-40-21)29-26(35)30-25)27-7-10-37-12-14-39-16-15-38-13-11-36-9-5-23(32)28-8-18-42-41-17-6-24(33)34/h20-21,25H,1-19H2,(H,27,31)(H,28,32)(H,33,34)(H2,29,30,35)/t20-,21-,25-/m0/s1. The van der Waals surface area contributed by atoms with E-state index >= 15 is 0 Å². The van der Waals surface area contributed by atoms with Crippen molar-refractivity contribution >= 4 is 57.2 Å². The molecule has 0 radical (unpaired) electrons. The van der Waals surface area contributed by atoms with Crippen LogP contribution in [0.2, 0.25) is 0 Å². The van der Waals surface area contributed by atoms with E-state index in [-0.39, 0.29) is 42.8 Å². The smallest absolute Gasteiger partial charge is 0.315 e. The summed E-state index contributed by atoms with van der Waals surface area (Å²) >= 11 is 1.89. The second-order valence-electron chi connectivity index (χ2n) is 9.55. The number of unbranched alkanes of at least 4 members (excludes halogenated alkanes) is 1. The lowest BCUT2D eigenvalue weighted by Gasteiger charge is -2.16. The molecule has 0 aromatic carbocycles. The summed E-state index contributed by atoms with van der Waals surface area (Å²) in [5, 5.41) is 20.6. The monoisotopic (exact) mass is 654 g/mol. The molecule has 3 atom stereocenters. The quantitative estimate of drug-likeness (QED) is 0.0488. The molecule has 0 aromatic rings. The van der Waals surface area contributed by atoms with Gasteiger partial charge in [0.15, 0.2) is 0 Å². The summed E-state index contributed by atoms with van der Waals surface area (Å²) in [5.41, 5.74) is 0. The van der Waals surface area contributed by atoms with Gasteiger partial charge in [0.25, 0.3) is 0 Å². The molecule has 2 aliphatic rings. The van der Waals surface area contributed by atoms with Crippen LogP contribution in [-0.2, 0) is 33.3 Å². The molecule has 2 heterocycles. The summed E-state index contributed by atoms with van der Waals surface area (Å²) in [5.74, 6) is 1.39. The predicted molar refractivity (Wildman–Crippen MR) is 165 cm³/mol. The Morgan fingerprint density at radius 3 is 2.12 bits per heavy atom. The second-order valence-corrected chi connectivity index (χ2v) is 13.5. The lowest BCUT2D eigenvalue weighted by molar-refractivity contribution is -0.136. The van der Waals surface area contributed by atoms with Gasteiger partial charge in [0.2, 0.25) is 11.8 Å². The van der Waals surface area contributed by atoms with Crippen LogP contribution in [-0.4, -0.2) is 129 Å². The number of carboxylic acids is 1. The maximum Gasteiger partial charge on any atom is 0.315 e. The van der Waals surface area contributed by atoms with Crippen LogP contribution < -0.4 is 21.3 Å². The molecule has 4 amide bonds. The van der Waals surface area contributed by atoms with Crippen molar-refractivity contribution in [2.24, 2.45) is 0 Å². The maximum absolute atomic E-state index is 12.0. The molecular formula is C26H46N4O9S3. The molecule has 2 fully saturated rings. The molecule has 0 bridgehead atoms. The zero-order valence-electron chi connectivity index (χ0n) is 24.1. The van der Waals surface area contributed by atoms with Gasteiger partial charge < -0.3 is 45.3 Å². The summed E-state index contributed by atoms with van der Waals surface area (Å²) in [4.78, 5) is 45.5. The summed E-state index contributed by atoms with van der Waals surface area (Å²) in [7, 11) is 3.03. The van der Waals surface area contributed by atoms with Gasteiger partial charge in [-0.25, -0.2) is 4.79 Å². The predicted octanol–water partition coefficient (Wildman–Crippen LogP) is 1.26. The van der Waals surface area contributed by atoms with Crippen LogP contribution in [0, 0.1) is 0 Å². The van der Waals surface area contributed by atoms with E-state index in [1.54, 1.807) is 10.8 Å². The number of hydrogen-bond donors (Lipinski definition) is 5. The molecule has 2 saturated heterocycles. The number of amides is 4. The van der Waals surface area contributed by atoms with E-state index < -0.39 is 5.97 Å². The fourth-order valence-electron chi connectivity index (χ4n) is 4.12. The summed E-state index contributed by atoms with van der Waals surface area (Å²) < 4.78 is 21.7. The van der Waals surface area contributed by atoms with Crippen molar-refractivity contribution in [2.75, 3.05) is 83.2 Å².